The van der Waals surface area contributed by atoms with E-state index >= 15 is 0 Å². The van der Waals surface area contributed by atoms with E-state index in [0.29, 0.717) is 5.92 Å². The maximum absolute atomic E-state index is 6.39. The van der Waals surface area contributed by atoms with Crippen LogP contribution in [0, 0.1) is 12.8 Å². The highest BCUT2D eigenvalue weighted by Gasteiger charge is 2.24. The summed E-state index contributed by atoms with van der Waals surface area (Å²) in [5.74, 6) is 0.629. The van der Waals surface area contributed by atoms with Gasteiger partial charge in [-0.15, -0.1) is 0 Å². The van der Waals surface area contributed by atoms with Crippen molar-refractivity contribution in [3.63, 3.8) is 0 Å². The molecule has 144 valence electrons. The molecule has 2 heterocycles. The molecule has 0 spiro atoms. The summed E-state index contributed by atoms with van der Waals surface area (Å²) in [5.41, 5.74) is 6.65. The Morgan fingerprint density at radius 1 is 1.04 bits per heavy atom. The van der Waals surface area contributed by atoms with Crippen molar-refractivity contribution in [1.82, 2.24) is 4.98 Å². The Balaban J connectivity index is 1.98. The van der Waals surface area contributed by atoms with E-state index in [0.717, 1.165) is 28.8 Å². The molecular formula is C25H29NOSi. The van der Waals surface area contributed by atoms with Crippen LogP contribution < -0.4 is 5.19 Å². The third-order valence-corrected chi connectivity index (χ3v) is 7.49. The Kier molecular flexibility index (Phi) is 4.66. The lowest BCUT2D eigenvalue weighted by Gasteiger charge is -2.19. The van der Waals surface area contributed by atoms with E-state index in [1.807, 2.05) is 12.3 Å². The van der Waals surface area contributed by atoms with Crippen molar-refractivity contribution in [1.29, 1.82) is 0 Å². The van der Waals surface area contributed by atoms with E-state index in [4.69, 9.17) is 9.40 Å². The monoisotopic (exact) mass is 387 g/mol. The summed E-state index contributed by atoms with van der Waals surface area (Å²) in [5, 5.41) is 3.94. The quantitative estimate of drug-likeness (QED) is 0.364. The molecule has 0 atom stereocenters. The van der Waals surface area contributed by atoms with Gasteiger partial charge < -0.3 is 4.42 Å². The van der Waals surface area contributed by atoms with Crippen molar-refractivity contribution in [3.8, 4) is 11.3 Å². The lowest BCUT2D eigenvalue weighted by molar-refractivity contribution is 0.643. The minimum Gasteiger partial charge on any atom is -0.455 e. The largest absolute Gasteiger partial charge is 0.455 e. The molecular weight excluding hydrogens is 358 g/mol. The first-order valence-corrected chi connectivity index (χ1v) is 13.7. The summed E-state index contributed by atoms with van der Waals surface area (Å²) in [4.78, 5) is 4.83. The molecule has 4 rings (SSSR count). The fraction of sp³-hybridized carbons (Fsp3) is 0.320. The van der Waals surface area contributed by atoms with Crippen LogP contribution in [0.25, 0.3) is 33.2 Å². The first kappa shape index (κ1) is 18.9. The second-order valence-electron chi connectivity index (χ2n) is 9.31. The molecule has 4 aromatic rings. The normalized spacial score (nSPS) is 12.4. The molecule has 2 aromatic carbocycles. The topological polar surface area (TPSA) is 26.0 Å². The van der Waals surface area contributed by atoms with Crippen LogP contribution in [0.3, 0.4) is 0 Å². The minimum absolute atomic E-state index is 0.629. The van der Waals surface area contributed by atoms with E-state index in [9.17, 15) is 0 Å². The molecule has 0 aliphatic rings. The summed E-state index contributed by atoms with van der Waals surface area (Å²) >= 11 is 0. The molecule has 0 bridgehead atoms. The summed E-state index contributed by atoms with van der Waals surface area (Å²) in [6.45, 7) is 13.9. The number of aryl methyl sites for hydroxylation is 1. The molecule has 2 aromatic heterocycles. The summed E-state index contributed by atoms with van der Waals surface area (Å²) in [7, 11) is -1.52. The zero-order chi connectivity index (χ0) is 20.1. The van der Waals surface area contributed by atoms with Gasteiger partial charge in [0.05, 0.1) is 13.8 Å². The Hall–Kier alpha value is -2.39. The van der Waals surface area contributed by atoms with Gasteiger partial charge in [-0.05, 0) is 53.8 Å². The highest BCUT2D eigenvalue weighted by molar-refractivity contribution is 6.90. The van der Waals surface area contributed by atoms with Gasteiger partial charge in [0.2, 0.25) is 0 Å². The van der Waals surface area contributed by atoms with Crippen molar-refractivity contribution >= 4 is 35.2 Å². The number of nitrogens with zero attached hydrogens (tertiary/aromatic N) is 1. The molecule has 0 aliphatic carbocycles. The second-order valence-corrected chi connectivity index (χ2v) is 14.3. The van der Waals surface area contributed by atoms with Crippen LogP contribution in [0.15, 0.2) is 53.1 Å². The van der Waals surface area contributed by atoms with Gasteiger partial charge in [-0.1, -0.05) is 57.8 Å². The van der Waals surface area contributed by atoms with Crippen LogP contribution in [0.2, 0.25) is 19.6 Å². The molecule has 0 unspecified atom stereocenters. The van der Waals surface area contributed by atoms with Crippen molar-refractivity contribution < 1.29 is 4.42 Å². The van der Waals surface area contributed by atoms with Crippen LogP contribution in [0.5, 0.6) is 0 Å². The van der Waals surface area contributed by atoms with E-state index in [1.54, 1.807) is 0 Å². The summed E-state index contributed by atoms with van der Waals surface area (Å²) < 4.78 is 6.39. The number of pyridine rings is 1. The van der Waals surface area contributed by atoms with Crippen molar-refractivity contribution in [3.05, 3.63) is 59.8 Å². The smallest absolute Gasteiger partial charge is 0.144 e. The van der Waals surface area contributed by atoms with Gasteiger partial charge in [-0.25, -0.2) is 0 Å². The third-order valence-electron chi connectivity index (χ3n) is 5.46. The Morgan fingerprint density at radius 3 is 2.46 bits per heavy atom. The minimum atomic E-state index is -1.52. The lowest BCUT2D eigenvalue weighted by Crippen LogP contribution is -2.37. The average molecular weight is 388 g/mol. The highest BCUT2D eigenvalue weighted by Crippen LogP contribution is 2.35. The third kappa shape index (κ3) is 3.28. The SMILES string of the molecule is Cc1cc(-c2ccc([Si](C)(C)C)c3c2oc2ccccc23)ncc1CC(C)C. The van der Waals surface area contributed by atoms with E-state index in [-0.39, 0.29) is 0 Å². The maximum atomic E-state index is 6.39. The summed E-state index contributed by atoms with van der Waals surface area (Å²) in [6, 6.07) is 15.1. The number of fused-ring (bicyclic) bond motifs is 3. The van der Waals surface area contributed by atoms with Gasteiger partial charge in [0.1, 0.15) is 11.2 Å². The van der Waals surface area contributed by atoms with Crippen molar-refractivity contribution in [2.24, 2.45) is 5.92 Å². The first-order valence-electron chi connectivity index (χ1n) is 10.2. The van der Waals surface area contributed by atoms with Gasteiger partial charge in [-0.3, -0.25) is 4.98 Å². The predicted octanol–water partition coefficient (Wildman–Crippen LogP) is 6.70. The molecule has 0 radical (unpaired) electrons. The molecule has 3 heteroatoms. The average Bonchev–Trinajstić information content (AvgIpc) is 3.01. The highest BCUT2D eigenvalue weighted by atomic mass is 28.3. The molecule has 0 amide bonds. The zero-order valence-corrected chi connectivity index (χ0v) is 18.8. The van der Waals surface area contributed by atoms with Crippen LogP contribution in [-0.4, -0.2) is 13.1 Å². The van der Waals surface area contributed by atoms with Crippen molar-refractivity contribution in [2.45, 2.75) is 46.8 Å². The Bertz CT molecular complexity index is 1160. The van der Waals surface area contributed by atoms with Crippen LogP contribution in [0.1, 0.15) is 25.0 Å². The maximum Gasteiger partial charge on any atom is 0.144 e. The van der Waals surface area contributed by atoms with Gasteiger partial charge in [0.15, 0.2) is 0 Å². The standard InChI is InChI=1S/C25H29NOSi/c1-16(2)13-18-15-26-21(14-17(18)3)19-11-12-23(28(4,5)6)24-20-9-7-8-10-22(20)27-25(19)24/h7-12,14-16H,13H2,1-6H3. The Labute approximate surface area is 168 Å². The number of hydrogen-bond donors (Lipinski definition) is 0. The molecule has 2 nitrogen and oxygen atoms in total. The molecule has 0 saturated carbocycles. The fourth-order valence-electron chi connectivity index (χ4n) is 4.04. The first-order chi connectivity index (χ1) is 13.3. The molecule has 0 N–H and O–H groups in total. The number of para-hydroxylation sites is 1. The molecule has 28 heavy (non-hydrogen) atoms. The van der Waals surface area contributed by atoms with Crippen LogP contribution >= 0.6 is 0 Å². The van der Waals surface area contributed by atoms with Crippen LogP contribution in [0.4, 0.5) is 0 Å². The molecule has 0 fully saturated rings. The number of furan rings is 1. The van der Waals surface area contributed by atoms with Crippen molar-refractivity contribution in [2.75, 3.05) is 0 Å². The number of benzene rings is 2. The Morgan fingerprint density at radius 2 is 1.79 bits per heavy atom. The number of hydrogen-bond acceptors (Lipinski definition) is 2. The fourth-order valence-corrected chi connectivity index (χ4v) is 5.62. The van der Waals surface area contributed by atoms with E-state index in [1.165, 1.54) is 27.1 Å². The predicted molar refractivity (Wildman–Crippen MR) is 123 cm³/mol. The number of rotatable bonds is 4. The van der Waals surface area contributed by atoms with Gasteiger partial charge in [-0.2, -0.15) is 0 Å². The van der Waals surface area contributed by atoms with Gasteiger partial charge >= 0.3 is 0 Å². The van der Waals surface area contributed by atoms with E-state index < -0.39 is 8.07 Å². The number of aromatic nitrogens is 1. The second kappa shape index (κ2) is 6.89. The molecule has 0 aliphatic heterocycles. The van der Waals surface area contributed by atoms with Gasteiger partial charge in [0.25, 0.3) is 0 Å². The molecule has 0 saturated heterocycles. The zero-order valence-electron chi connectivity index (χ0n) is 17.8. The summed E-state index contributed by atoms with van der Waals surface area (Å²) in [6.07, 6.45) is 3.11. The lowest BCUT2D eigenvalue weighted by atomic mass is 9.98. The van der Waals surface area contributed by atoms with E-state index in [2.05, 4.69) is 76.8 Å². The van der Waals surface area contributed by atoms with Gasteiger partial charge in [0, 0.05) is 22.5 Å². The van der Waals surface area contributed by atoms with Crippen LogP contribution in [-0.2, 0) is 6.42 Å².